The second-order valence-corrected chi connectivity index (χ2v) is 6.51. The van der Waals surface area contributed by atoms with Crippen molar-refractivity contribution in [2.75, 3.05) is 6.54 Å². The zero-order chi connectivity index (χ0) is 15.6. The largest absolute Gasteiger partial charge is 0.345 e. The normalized spacial score (nSPS) is 23.5. The molecule has 1 atom stereocenters. The number of carbonyl (C=O) groups excluding carboxylic acids is 2. The number of rotatable bonds is 3. The molecular weight excluding hydrogens is 276 g/mol. The maximum Gasteiger partial charge on any atom is 0.243 e. The lowest BCUT2D eigenvalue weighted by atomic mass is 9.87. The van der Waals surface area contributed by atoms with Crippen molar-refractivity contribution < 1.29 is 9.59 Å². The maximum absolute atomic E-state index is 12.8. The zero-order valence-corrected chi connectivity index (χ0v) is 13.2. The van der Waals surface area contributed by atoms with Gasteiger partial charge in [0.15, 0.2) is 0 Å². The minimum absolute atomic E-state index is 0.00201. The molecule has 0 aromatic heterocycles. The SMILES string of the molecule is CC(=O)N1CCCC1C(=O)NC1(c2ccccc2)CCCC1. The number of nitrogens with one attached hydrogen (secondary N) is 1. The molecule has 2 amide bonds. The smallest absolute Gasteiger partial charge is 0.243 e. The Kier molecular flexibility index (Phi) is 4.19. The molecule has 4 heteroatoms. The molecule has 1 N–H and O–H groups in total. The Bertz CT molecular complexity index is 549. The van der Waals surface area contributed by atoms with Crippen LogP contribution in [-0.2, 0) is 15.1 Å². The molecule has 22 heavy (non-hydrogen) atoms. The van der Waals surface area contributed by atoms with Crippen molar-refractivity contribution in [2.45, 2.75) is 57.0 Å². The topological polar surface area (TPSA) is 49.4 Å². The first-order valence-electron chi connectivity index (χ1n) is 8.27. The standard InChI is InChI=1S/C18H24N2O2/c1-14(21)20-13-7-10-16(20)17(22)19-18(11-5-6-12-18)15-8-3-2-4-9-15/h2-4,8-9,16H,5-7,10-13H2,1H3,(H,19,22). The second kappa shape index (κ2) is 6.11. The zero-order valence-electron chi connectivity index (χ0n) is 13.2. The molecule has 1 aliphatic carbocycles. The summed E-state index contributed by atoms with van der Waals surface area (Å²) in [6.07, 6.45) is 5.92. The van der Waals surface area contributed by atoms with Crippen LogP contribution in [0.25, 0.3) is 0 Å². The molecular formula is C18H24N2O2. The highest BCUT2D eigenvalue weighted by atomic mass is 16.2. The third-order valence-electron chi connectivity index (χ3n) is 5.11. The predicted octanol–water partition coefficient (Wildman–Crippen LogP) is 2.58. The van der Waals surface area contributed by atoms with Crippen LogP contribution in [0, 0.1) is 0 Å². The van der Waals surface area contributed by atoms with Crippen molar-refractivity contribution in [3.05, 3.63) is 35.9 Å². The van der Waals surface area contributed by atoms with E-state index in [9.17, 15) is 9.59 Å². The van der Waals surface area contributed by atoms with Crippen LogP contribution < -0.4 is 5.32 Å². The fourth-order valence-corrected chi connectivity index (χ4v) is 3.96. The van der Waals surface area contributed by atoms with Crippen LogP contribution in [0.15, 0.2) is 30.3 Å². The Morgan fingerprint density at radius 3 is 2.45 bits per heavy atom. The summed E-state index contributed by atoms with van der Waals surface area (Å²) in [6, 6.07) is 9.96. The monoisotopic (exact) mass is 300 g/mol. The molecule has 0 spiro atoms. The van der Waals surface area contributed by atoms with E-state index in [0.717, 1.165) is 38.5 Å². The van der Waals surface area contributed by atoms with Gasteiger partial charge >= 0.3 is 0 Å². The Morgan fingerprint density at radius 2 is 1.82 bits per heavy atom. The van der Waals surface area contributed by atoms with Gasteiger partial charge in [0.05, 0.1) is 5.54 Å². The number of carbonyl (C=O) groups is 2. The first-order valence-corrected chi connectivity index (χ1v) is 8.27. The van der Waals surface area contributed by atoms with Crippen LogP contribution in [0.2, 0.25) is 0 Å². The van der Waals surface area contributed by atoms with E-state index in [2.05, 4.69) is 17.4 Å². The first-order chi connectivity index (χ1) is 10.6. The summed E-state index contributed by atoms with van der Waals surface area (Å²) in [7, 11) is 0. The summed E-state index contributed by atoms with van der Waals surface area (Å²) < 4.78 is 0. The van der Waals surface area contributed by atoms with Crippen LogP contribution in [0.5, 0.6) is 0 Å². The van der Waals surface area contributed by atoms with Gasteiger partial charge < -0.3 is 10.2 Å². The third-order valence-corrected chi connectivity index (χ3v) is 5.11. The van der Waals surface area contributed by atoms with Gasteiger partial charge in [0.2, 0.25) is 11.8 Å². The van der Waals surface area contributed by atoms with E-state index in [1.165, 1.54) is 5.56 Å². The average Bonchev–Trinajstić information content (AvgIpc) is 3.18. The molecule has 3 rings (SSSR count). The van der Waals surface area contributed by atoms with Crippen molar-refractivity contribution >= 4 is 11.8 Å². The van der Waals surface area contributed by atoms with Crippen molar-refractivity contribution in [1.29, 1.82) is 0 Å². The summed E-state index contributed by atoms with van der Waals surface area (Å²) in [6.45, 7) is 2.25. The molecule has 4 nitrogen and oxygen atoms in total. The van der Waals surface area contributed by atoms with Crippen molar-refractivity contribution in [3.8, 4) is 0 Å². The van der Waals surface area contributed by atoms with E-state index >= 15 is 0 Å². The van der Waals surface area contributed by atoms with Crippen LogP contribution >= 0.6 is 0 Å². The summed E-state index contributed by atoms with van der Waals surface area (Å²) in [4.78, 5) is 26.2. The van der Waals surface area contributed by atoms with Gasteiger partial charge in [0.1, 0.15) is 6.04 Å². The van der Waals surface area contributed by atoms with Gasteiger partial charge in [-0.25, -0.2) is 0 Å². The summed E-state index contributed by atoms with van der Waals surface area (Å²) in [5.41, 5.74) is 0.942. The van der Waals surface area contributed by atoms with Crippen molar-refractivity contribution in [2.24, 2.45) is 0 Å². The molecule has 1 aliphatic heterocycles. The fraction of sp³-hybridized carbons (Fsp3) is 0.556. The number of amides is 2. The van der Waals surface area contributed by atoms with Gasteiger partial charge in [0, 0.05) is 13.5 Å². The molecule has 2 fully saturated rings. The number of nitrogens with zero attached hydrogens (tertiary/aromatic N) is 1. The lowest BCUT2D eigenvalue weighted by Crippen LogP contribution is -2.52. The predicted molar refractivity (Wildman–Crippen MR) is 85.1 cm³/mol. The number of hydrogen-bond donors (Lipinski definition) is 1. The molecule has 118 valence electrons. The molecule has 1 aromatic rings. The lowest BCUT2D eigenvalue weighted by Gasteiger charge is -2.34. The minimum Gasteiger partial charge on any atom is -0.345 e. The van der Waals surface area contributed by atoms with Gasteiger partial charge in [-0.05, 0) is 31.2 Å². The second-order valence-electron chi connectivity index (χ2n) is 6.51. The van der Waals surface area contributed by atoms with Crippen molar-refractivity contribution in [3.63, 3.8) is 0 Å². The van der Waals surface area contributed by atoms with Crippen LogP contribution in [0.4, 0.5) is 0 Å². The van der Waals surface area contributed by atoms with Crippen molar-refractivity contribution in [1.82, 2.24) is 10.2 Å². The Hall–Kier alpha value is -1.84. The Morgan fingerprint density at radius 1 is 1.14 bits per heavy atom. The summed E-state index contributed by atoms with van der Waals surface area (Å²) in [5.74, 6) is 0.0105. The van der Waals surface area contributed by atoms with Gasteiger partial charge in [-0.3, -0.25) is 9.59 Å². The number of benzene rings is 1. The third kappa shape index (κ3) is 2.74. The van der Waals surface area contributed by atoms with Gasteiger partial charge in [-0.1, -0.05) is 43.2 Å². The van der Waals surface area contributed by atoms with E-state index in [-0.39, 0.29) is 23.4 Å². The number of hydrogen-bond acceptors (Lipinski definition) is 2. The number of likely N-dealkylation sites (tertiary alicyclic amines) is 1. The van der Waals surface area contributed by atoms with Gasteiger partial charge in [-0.15, -0.1) is 0 Å². The molecule has 1 saturated heterocycles. The highest BCUT2D eigenvalue weighted by Crippen LogP contribution is 2.39. The molecule has 2 aliphatic rings. The lowest BCUT2D eigenvalue weighted by molar-refractivity contribution is -0.137. The Labute approximate surface area is 131 Å². The first kappa shape index (κ1) is 15.1. The van der Waals surface area contributed by atoms with E-state index in [1.807, 2.05) is 18.2 Å². The van der Waals surface area contributed by atoms with E-state index in [0.29, 0.717) is 6.54 Å². The van der Waals surface area contributed by atoms with Crippen LogP contribution in [0.1, 0.15) is 51.0 Å². The quantitative estimate of drug-likeness (QED) is 0.933. The van der Waals surface area contributed by atoms with E-state index in [4.69, 9.17) is 0 Å². The molecule has 1 unspecified atom stereocenters. The van der Waals surface area contributed by atoms with Gasteiger partial charge in [0.25, 0.3) is 0 Å². The summed E-state index contributed by atoms with van der Waals surface area (Å²) in [5, 5.41) is 3.30. The molecule has 1 aromatic carbocycles. The van der Waals surface area contributed by atoms with E-state index < -0.39 is 0 Å². The average molecular weight is 300 g/mol. The molecule has 1 heterocycles. The van der Waals surface area contributed by atoms with Crippen LogP contribution in [0.3, 0.4) is 0 Å². The molecule has 0 radical (unpaired) electrons. The molecule has 1 saturated carbocycles. The Balaban J connectivity index is 1.80. The maximum atomic E-state index is 12.8. The van der Waals surface area contributed by atoms with Gasteiger partial charge in [-0.2, -0.15) is 0 Å². The summed E-state index contributed by atoms with van der Waals surface area (Å²) >= 11 is 0. The highest BCUT2D eigenvalue weighted by molar-refractivity contribution is 5.88. The van der Waals surface area contributed by atoms with E-state index in [1.54, 1.807) is 11.8 Å². The highest BCUT2D eigenvalue weighted by Gasteiger charge is 2.40. The minimum atomic E-state index is -0.293. The molecule has 0 bridgehead atoms. The van der Waals surface area contributed by atoms with Crippen LogP contribution in [-0.4, -0.2) is 29.3 Å². The fourth-order valence-electron chi connectivity index (χ4n) is 3.96.